The molecule has 66 heavy (non-hydrogen) atoms. The lowest BCUT2D eigenvalue weighted by molar-refractivity contribution is -0.870. The quantitative estimate of drug-likeness (QED) is 0.0243. The van der Waals surface area contributed by atoms with Gasteiger partial charge in [0.2, 0.25) is 5.91 Å². The molecule has 0 saturated heterocycles. The number of nitrogens with zero attached hydrogens (tertiary/aromatic N) is 1. The Morgan fingerprint density at radius 3 is 1.33 bits per heavy atom. The summed E-state index contributed by atoms with van der Waals surface area (Å²) in [6.45, 7) is 4.65. The number of likely N-dealkylation sites (N-methyl/N-ethyl adjacent to an activating group) is 1. The first-order valence-corrected chi connectivity index (χ1v) is 29.2. The van der Waals surface area contributed by atoms with Crippen LogP contribution in [0.15, 0.2) is 60.8 Å². The molecule has 0 aromatic heterocycles. The number of carbonyl (C=O) groups is 1. The number of aliphatic hydroxyl groups excluding tert-OH is 1. The summed E-state index contributed by atoms with van der Waals surface area (Å²) >= 11 is 0. The van der Waals surface area contributed by atoms with Gasteiger partial charge in [-0.15, -0.1) is 0 Å². The van der Waals surface area contributed by atoms with Crippen molar-refractivity contribution in [3.05, 3.63) is 60.8 Å². The average molecular weight is 948 g/mol. The highest BCUT2D eigenvalue weighted by atomic mass is 31.2. The van der Waals surface area contributed by atoms with Gasteiger partial charge in [0, 0.05) is 6.42 Å². The minimum absolute atomic E-state index is 0.0615. The highest BCUT2D eigenvalue weighted by molar-refractivity contribution is 7.47. The molecule has 0 saturated carbocycles. The van der Waals surface area contributed by atoms with Gasteiger partial charge in [0.1, 0.15) is 13.2 Å². The Kier molecular flexibility index (Phi) is 46.9. The van der Waals surface area contributed by atoms with E-state index in [0.29, 0.717) is 17.4 Å². The van der Waals surface area contributed by atoms with E-state index in [1.807, 2.05) is 27.2 Å². The number of amides is 1. The van der Waals surface area contributed by atoms with Crippen molar-refractivity contribution in [3.8, 4) is 0 Å². The topological polar surface area (TPSA) is 105 Å². The summed E-state index contributed by atoms with van der Waals surface area (Å²) in [5.74, 6) is -0.179. The van der Waals surface area contributed by atoms with E-state index in [4.69, 9.17) is 9.05 Å². The molecule has 0 aliphatic rings. The van der Waals surface area contributed by atoms with Gasteiger partial charge in [0.05, 0.1) is 39.9 Å². The molecule has 0 aliphatic heterocycles. The van der Waals surface area contributed by atoms with Crippen LogP contribution in [0.4, 0.5) is 0 Å². The Morgan fingerprint density at radius 2 is 0.909 bits per heavy atom. The first-order valence-electron chi connectivity index (χ1n) is 27.7. The van der Waals surface area contributed by atoms with Crippen LogP contribution in [0.3, 0.4) is 0 Å². The van der Waals surface area contributed by atoms with Crippen molar-refractivity contribution >= 4 is 13.7 Å². The second-order valence-electron chi connectivity index (χ2n) is 19.9. The lowest BCUT2D eigenvalue weighted by atomic mass is 10.0. The zero-order valence-corrected chi connectivity index (χ0v) is 44.8. The molecule has 0 bridgehead atoms. The molecule has 3 atom stereocenters. The van der Waals surface area contributed by atoms with E-state index in [9.17, 15) is 19.4 Å². The SMILES string of the molecule is CC/C=C\C/C=C\C/C=C\C/C=C\CCCCCCCCCCCCCCCCCCCCCCCCCCC(=O)NC(COP(=O)(O)OCC[N+](C)(C)C)C(O)/C=C/CCCCCCC. The van der Waals surface area contributed by atoms with Crippen molar-refractivity contribution in [2.45, 2.75) is 257 Å². The Bertz CT molecular complexity index is 1260. The summed E-state index contributed by atoms with van der Waals surface area (Å²) < 4.78 is 23.5. The fraction of sp³-hybridized carbons (Fsp3) is 0.807. The largest absolute Gasteiger partial charge is 0.472 e. The van der Waals surface area contributed by atoms with E-state index < -0.39 is 20.0 Å². The number of rotatable bonds is 50. The summed E-state index contributed by atoms with van der Waals surface area (Å²) in [4.78, 5) is 23.1. The number of aliphatic hydroxyl groups is 1. The van der Waals surface area contributed by atoms with Crippen LogP contribution in [-0.4, -0.2) is 73.4 Å². The number of hydrogen-bond donors (Lipinski definition) is 3. The third-order valence-corrected chi connectivity index (χ3v) is 13.2. The van der Waals surface area contributed by atoms with Crippen molar-refractivity contribution < 1.29 is 32.9 Å². The maximum atomic E-state index is 12.9. The van der Waals surface area contributed by atoms with E-state index in [-0.39, 0.29) is 19.1 Å². The number of hydrogen-bond acceptors (Lipinski definition) is 5. The molecule has 0 heterocycles. The zero-order valence-electron chi connectivity index (χ0n) is 43.9. The van der Waals surface area contributed by atoms with Gasteiger partial charge >= 0.3 is 7.82 Å². The number of phosphoric acid groups is 1. The van der Waals surface area contributed by atoms with Crippen LogP contribution < -0.4 is 5.32 Å². The normalized spacial score (nSPS) is 14.5. The molecule has 1 amide bonds. The van der Waals surface area contributed by atoms with E-state index in [1.165, 1.54) is 161 Å². The van der Waals surface area contributed by atoms with E-state index >= 15 is 0 Å². The molecule has 0 aromatic carbocycles. The molecule has 0 spiro atoms. The van der Waals surface area contributed by atoms with E-state index in [0.717, 1.165) is 64.2 Å². The number of carbonyl (C=O) groups excluding carboxylic acids is 1. The molecular formula is C57H108N2O6P+. The van der Waals surface area contributed by atoms with Gasteiger partial charge in [-0.05, 0) is 57.8 Å². The second kappa shape index (κ2) is 48.2. The average Bonchev–Trinajstić information content (AvgIpc) is 3.28. The molecule has 386 valence electrons. The lowest BCUT2D eigenvalue weighted by Gasteiger charge is -2.25. The van der Waals surface area contributed by atoms with Crippen molar-refractivity contribution in [3.63, 3.8) is 0 Å². The summed E-state index contributed by atoms with van der Waals surface area (Å²) in [7, 11) is 1.57. The highest BCUT2D eigenvalue weighted by Gasteiger charge is 2.27. The third-order valence-electron chi connectivity index (χ3n) is 12.2. The molecular weight excluding hydrogens is 840 g/mol. The first kappa shape index (κ1) is 64.2. The second-order valence-corrected chi connectivity index (χ2v) is 21.4. The number of nitrogens with one attached hydrogen (secondary N) is 1. The fourth-order valence-electron chi connectivity index (χ4n) is 7.92. The minimum Gasteiger partial charge on any atom is -0.387 e. The first-order chi connectivity index (χ1) is 32.0. The zero-order chi connectivity index (χ0) is 48.5. The number of quaternary nitrogens is 1. The predicted molar refractivity (Wildman–Crippen MR) is 286 cm³/mol. The number of unbranched alkanes of at least 4 members (excludes halogenated alkanes) is 29. The van der Waals surface area contributed by atoms with Crippen molar-refractivity contribution in [1.29, 1.82) is 0 Å². The fourth-order valence-corrected chi connectivity index (χ4v) is 8.65. The van der Waals surface area contributed by atoms with Crippen LogP contribution in [0.2, 0.25) is 0 Å². The van der Waals surface area contributed by atoms with Gasteiger partial charge in [-0.25, -0.2) is 4.57 Å². The summed E-state index contributed by atoms with van der Waals surface area (Å²) in [6.07, 6.45) is 65.1. The van der Waals surface area contributed by atoms with Crippen LogP contribution in [0, 0.1) is 0 Å². The molecule has 0 radical (unpaired) electrons. The van der Waals surface area contributed by atoms with Crippen molar-refractivity contribution in [2.24, 2.45) is 0 Å². The number of phosphoric ester groups is 1. The van der Waals surface area contributed by atoms with E-state index in [2.05, 4.69) is 67.8 Å². The highest BCUT2D eigenvalue weighted by Crippen LogP contribution is 2.43. The Morgan fingerprint density at radius 1 is 0.530 bits per heavy atom. The monoisotopic (exact) mass is 948 g/mol. The summed E-state index contributed by atoms with van der Waals surface area (Å²) in [5.41, 5.74) is 0. The maximum Gasteiger partial charge on any atom is 0.472 e. The number of allylic oxidation sites excluding steroid dienone is 9. The lowest BCUT2D eigenvalue weighted by Crippen LogP contribution is -2.45. The van der Waals surface area contributed by atoms with Gasteiger partial charge < -0.3 is 19.8 Å². The molecule has 3 unspecified atom stereocenters. The molecule has 3 N–H and O–H groups in total. The van der Waals surface area contributed by atoms with Crippen LogP contribution >= 0.6 is 7.82 Å². The van der Waals surface area contributed by atoms with Gasteiger partial charge in [-0.1, -0.05) is 242 Å². The molecule has 0 aliphatic carbocycles. The Balaban J connectivity index is 3.79. The Labute approximate surface area is 409 Å². The van der Waals surface area contributed by atoms with E-state index in [1.54, 1.807) is 6.08 Å². The predicted octanol–water partition coefficient (Wildman–Crippen LogP) is 16.5. The molecule has 0 rings (SSSR count). The van der Waals surface area contributed by atoms with Crippen LogP contribution in [0.5, 0.6) is 0 Å². The van der Waals surface area contributed by atoms with Crippen molar-refractivity contribution in [1.82, 2.24) is 5.32 Å². The van der Waals surface area contributed by atoms with Crippen LogP contribution in [0.25, 0.3) is 0 Å². The summed E-state index contributed by atoms with van der Waals surface area (Å²) in [6, 6.07) is -0.842. The van der Waals surface area contributed by atoms with Gasteiger partial charge in [0.15, 0.2) is 0 Å². The van der Waals surface area contributed by atoms with Crippen LogP contribution in [-0.2, 0) is 18.4 Å². The molecule has 9 heteroatoms. The van der Waals surface area contributed by atoms with Crippen molar-refractivity contribution in [2.75, 3.05) is 40.9 Å². The van der Waals surface area contributed by atoms with Gasteiger partial charge in [0.25, 0.3) is 0 Å². The molecule has 0 fully saturated rings. The molecule has 8 nitrogen and oxygen atoms in total. The maximum absolute atomic E-state index is 12.9. The molecule has 0 aromatic rings. The Hall–Kier alpha value is -1.80. The minimum atomic E-state index is -4.33. The summed E-state index contributed by atoms with van der Waals surface area (Å²) in [5, 5.41) is 13.7. The van der Waals surface area contributed by atoms with Crippen LogP contribution in [0.1, 0.15) is 245 Å². The standard InChI is InChI=1S/C57H107N2O6P/c1-6-8-10-12-14-15-16-17-18-19-20-21-22-23-24-25-26-27-28-29-30-31-32-33-34-35-36-37-38-39-40-41-42-43-45-47-49-51-57(61)58-55(56(60)50-48-46-44-13-11-9-7-2)54-65-66(62,63)64-53-52-59(3,4)5/h8,10,14-15,17-18,20-21,48,50,55-56,60H,6-7,9,11-13,16,19,22-47,49,51-54H2,1-5H3,(H-,58,61,62,63)/p+1/b10-8-,15-14-,18-17-,21-20-,50-48+. The van der Waals surface area contributed by atoms with Gasteiger partial charge in [-0.2, -0.15) is 0 Å². The van der Waals surface area contributed by atoms with Gasteiger partial charge in [-0.3, -0.25) is 13.8 Å². The smallest absolute Gasteiger partial charge is 0.387 e. The third kappa shape index (κ3) is 50.1.